The van der Waals surface area contributed by atoms with Gasteiger partial charge in [-0.05, 0) is 25.0 Å². The van der Waals surface area contributed by atoms with Crippen LogP contribution < -0.4 is 5.73 Å². The van der Waals surface area contributed by atoms with Gasteiger partial charge in [-0.3, -0.25) is 0 Å². The number of anilines is 1. The number of aryl methyl sites for hydroxylation is 2. The first-order valence-electron chi connectivity index (χ1n) is 7.05. The van der Waals surface area contributed by atoms with Crippen LogP contribution in [0.2, 0.25) is 0 Å². The van der Waals surface area contributed by atoms with Gasteiger partial charge in [-0.1, -0.05) is 0 Å². The van der Waals surface area contributed by atoms with Crippen LogP contribution in [0.1, 0.15) is 12.0 Å². The van der Waals surface area contributed by atoms with Crippen LogP contribution in [0.25, 0.3) is 11.0 Å². The van der Waals surface area contributed by atoms with Crippen molar-refractivity contribution in [1.29, 1.82) is 0 Å². The lowest BCUT2D eigenvalue weighted by Gasteiger charge is -2.07. The highest BCUT2D eigenvalue weighted by atomic mass is 32.2. The molecule has 0 fully saturated rings. The molecule has 3 aromatic rings. The minimum Gasteiger partial charge on any atom is -0.382 e. The molecule has 0 radical (unpaired) electrons. The van der Waals surface area contributed by atoms with Crippen molar-refractivity contribution < 1.29 is 8.42 Å². The molecule has 0 unspecified atom stereocenters. The molecule has 0 aromatic carbocycles. The highest BCUT2D eigenvalue weighted by Gasteiger charge is 2.17. The summed E-state index contributed by atoms with van der Waals surface area (Å²) in [5.41, 5.74) is 8.28. The third-order valence-electron chi connectivity index (χ3n) is 3.48. The first-order chi connectivity index (χ1) is 11.0. The van der Waals surface area contributed by atoms with Crippen LogP contribution in [0.15, 0.2) is 36.1 Å². The Bertz CT molecular complexity index is 937. The molecule has 0 bridgehead atoms. The quantitative estimate of drug-likeness (QED) is 0.692. The average Bonchev–Trinajstić information content (AvgIpc) is 2.97. The highest BCUT2D eigenvalue weighted by molar-refractivity contribution is 7.91. The number of hydrogen-bond donors (Lipinski definition) is 1. The zero-order valence-electron chi connectivity index (χ0n) is 12.5. The second-order valence-corrected chi connectivity index (χ2v) is 7.17. The molecule has 0 aliphatic heterocycles. The van der Waals surface area contributed by atoms with Gasteiger partial charge in [-0.25, -0.2) is 28.4 Å². The summed E-state index contributed by atoms with van der Waals surface area (Å²) in [4.78, 5) is 15.9. The van der Waals surface area contributed by atoms with Gasteiger partial charge in [0.2, 0.25) is 15.0 Å². The lowest BCUT2D eigenvalue weighted by molar-refractivity contribution is 0.578. The normalized spacial score (nSPS) is 11.9. The number of rotatable bonds is 5. The van der Waals surface area contributed by atoms with E-state index < -0.39 is 9.84 Å². The van der Waals surface area contributed by atoms with Crippen molar-refractivity contribution in [2.75, 3.05) is 11.5 Å². The number of hydrogen-bond acceptors (Lipinski definition) is 7. The van der Waals surface area contributed by atoms with Crippen LogP contribution >= 0.6 is 0 Å². The fourth-order valence-corrected chi connectivity index (χ4v) is 3.54. The van der Waals surface area contributed by atoms with Crippen molar-refractivity contribution in [3.05, 3.63) is 36.5 Å². The maximum atomic E-state index is 12.2. The van der Waals surface area contributed by atoms with Crippen LogP contribution in [0.5, 0.6) is 0 Å². The molecule has 3 rings (SSSR count). The molecule has 2 N–H and O–H groups in total. The summed E-state index contributed by atoms with van der Waals surface area (Å²) >= 11 is 0. The number of aromatic nitrogens is 5. The third-order valence-corrected chi connectivity index (χ3v) is 5.08. The summed E-state index contributed by atoms with van der Waals surface area (Å²) in [6.45, 7) is 2.42. The van der Waals surface area contributed by atoms with Crippen LogP contribution in [0.4, 0.5) is 5.82 Å². The van der Waals surface area contributed by atoms with E-state index in [1.807, 2.05) is 11.5 Å². The maximum Gasteiger partial charge on any atom is 0.246 e. The zero-order chi connectivity index (χ0) is 16.4. The summed E-state index contributed by atoms with van der Waals surface area (Å²) in [6.07, 6.45) is 6.60. The Labute approximate surface area is 133 Å². The van der Waals surface area contributed by atoms with E-state index in [4.69, 9.17) is 5.73 Å². The largest absolute Gasteiger partial charge is 0.382 e. The van der Waals surface area contributed by atoms with Crippen LogP contribution in [0, 0.1) is 6.92 Å². The zero-order valence-corrected chi connectivity index (χ0v) is 13.4. The van der Waals surface area contributed by atoms with E-state index in [1.54, 1.807) is 18.6 Å². The van der Waals surface area contributed by atoms with Crippen LogP contribution in [0.3, 0.4) is 0 Å². The molecule has 0 spiro atoms. The standard InChI is InChI=1S/C14H16N6O2S/c1-10-8-18-13(15)11-12(10)20(9-19-11)6-3-7-23(21,22)14-16-4-2-5-17-14/h2,4-5,8-9H,3,6-7H2,1H3,(H2,15,18). The Morgan fingerprint density at radius 1 is 1.17 bits per heavy atom. The number of nitrogens with zero attached hydrogens (tertiary/aromatic N) is 5. The number of pyridine rings is 1. The van der Waals surface area contributed by atoms with Gasteiger partial charge in [0.05, 0.1) is 17.6 Å². The molecule has 8 nitrogen and oxygen atoms in total. The Kier molecular flexibility index (Phi) is 3.95. The van der Waals surface area contributed by atoms with E-state index in [0.29, 0.717) is 24.3 Å². The first-order valence-corrected chi connectivity index (χ1v) is 8.70. The molecule has 0 aliphatic carbocycles. The van der Waals surface area contributed by atoms with E-state index in [0.717, 1.165) is 11.1 Å². The molecular formula is C14H16N6O2S. The number of fused-ring (bicyclic) bond motifs is 1. The van der Waals surface area contributed by atoms with Gasteiger partial charge in [-0.15, -0.1) is 0 Å². The Balaban J connectivity index is 1.76. The summed E-state index contributed by atoms with van der Waals surface area (Å²) in [6, 6.07) is 1.58. The number of imidazole rings is 1. The smallest absolute Gasteiger partial charge is 0.246 e. The van der Waals surface area contributed by atoms with Crippen molar-refractivity contribution >= 4 is 26.7 Å². The SMILES string of the molecule is Cc1cnc(N)c2ncn(CCCS(=O)(=O)c3ncccn3)c12. The summed E-state index contributed by atoms with van der Waals surface area (Å²) < 4.78 is 26.2. The van der Waals surface area contributed by atoms with E-state index >= 15 is 0 Å². The van der Waals surface area contributed by atoms with Crippen molar-refractivity contribution in [2.24, 2.45) is 0 Å². The molecule has 0 saturated heterocycles. The summed E-state index contributed by atoms with van der Waals surface area (Å²) in [5, 5.41) is -0.139. The fraction of sp³-hybridized carbons (Fsp3) is 0.286. The van der Waals surface area contributed by atoms with E-state index in [1.165, 1.54) is 12.4 Å². The molecular weight excluding hydrogens is 316 g/mol. The molecule has 23 heavy (non-hydrogen) atoms. The Morgan fingerprint density at radius 3 is 2.65 bits per heavy atom. The molecule has 3 heterocycles. The third kappa shape index (κ3) is 3.00. The molecule has 3 aromatic heterocycles. The van der Waals surface area contributed by atoms with Gasteiger partial charge in [0.15, 0.2) is 5.82 Å². The second kappa shape index (κ2) is 5.92. The van der Waals surface area contributed by atoms with E-state index in [-0.39, 0.29) is 10.9 Å². The lowest BCUT2D eigenvalue weighted by atomic mass is 10.2. The van der Waals surface area contributed by atoms with Gasteiger partial charge >= 0.3 is 0 Å². The monoisotopic (exact) mass is 332 g/mol. The molecule has 0 aliphatic rings. The summed E-state index contributed by atoms with van der Waals surface area (Å²) in [7, 11) is -3.48. The van der Waals surface area contributed by atoms with E-state index in [9.17, 15) is 8.42 Å². The maximum absolute atomic E-state index is 12.2. The van der Waals surface area contributed by atoms with Crippen molar-refractivity contribution in [3.63, 3.8) is 0 Å². The van der Waals surface area contributed by atoms with Gasteiger partial charge < -0.3 is 10.3 Å². The first kappa shape index (κ1) is 15.3. The van der Waals surface area contributed by atoms with Gasteiger partial charge in [0, 0.05) is 25.1 Å². The average molecular weight is 332 g/mol. The van der Waals surface area contributed by atoms with Crippen molar-refractivity contribution in [2.45, 2.75) is 25.0 Å². The molecule has 0 amide bonds. The molecule has 120 valence electrons. The van der Waals surface area contributed by atoms with Gasteiger partial charge in [0.1, 0.15) is 5.52 Å². The van der Waals surface area contributed by atoms with Gasteiger partial charge in [0.25, 0.3) is 0 Å². The van der Waals surface area contributed by atoms with Gasteiger partial charge in [-0.2, -0.15) is 0 Å². The number of nitrogen functional groups attached to an aromatic ring is 1. The molecule has 9 heteroatoms. The number of nitrogens with two attached hydrogens (primary N) is 1. The minimum absolute atomic E-state index is 0.0314. The summed E-state index contributed by atoms with van der Waals surface area (Å²) in [5.74, 6) is 0.339. The molecule has 0 atom stereocenters. The van der Waals surface area contributed by atoms with Crippen LogP contribution in [-0.4, -0.2) is 38.7 Å². The topological polar surface area (TPSA) is 117 Å². The van der Waals surface area contributed by atoms with Crippen molar-refractivity contribution in [3.8, 4) is 0 Å². The van der Waals surface area contributed by atoms with E-state index in [2.05, 4.69) is 19.9 Å². The highest BCUT2D eigenvalue weighted by Crippen LogP contribution is 2.21. The minimum atomic E-state index is -3.48. The predicted octanol–water partition coefficient (Wildman–Crippen LogP) is 0.976. The molecule has 0 saturated carbocycles. The van der Waals surface area contributed by atoms with Crippen LogP contribution in [-0.2, 0) is 16.4 Å². The fourth-order valence-electron chi connectivity index (χ4n) is 2.40. The number of sulfone groups is 1. The second-order valence-electron chi connectivity index (χ2n) is 5.17. The Hall–Kier alpha value is -2.55. The predicted molar refractivity (Wildman–Crippen MR) is 85.4 cm³/mol. The Morgan fingerprint density at radius 2 is 1.91 bits per heavy atom. The lowest BCUT2D eigenvalue weighted by Crippen LogP contribution is -2.12. The van der Waals surface area contributed by atoms with Crippen molar-refractivity contribution in [1.82, 2.24) is 24.5 Å².